The molecule has 1 fully saturated rings. The zero-order chi connectivity index (χ0) is 19.8. The number of hydrogen-bond donors (Lipinski definition) is 2. The Morgan fingerprint density at radius 1 is 1.21 bits per heavy atom. The number of carbonyl (C=O) groups excluding carboxylic acids is 1. The van der Waals surface area contributed by atoms with Crippen molar-refractivity contribution in [2.24, 2.45) is 0 Å². The molecule has 1 aromatic carbocycles. The molecule has 2 N–H and O–H groups in total. The van der Waals surface area contributed by atoms with E-state index in [2.05, 4.69) is 27.1 Å². The summed E-state index contributed by atoms with van der Waals surface area (Å²) in [7, 11) is 0. The minimum atomic E-state index is -0.226. The summed E-state index contributed by atoms with van der Waals surface area (Å²) >= 11 is 0. The van der Waals surface area contributed by atoms with Gasteiger partial charge < -0.3 is 19.9 Å². The summed E-state index contributed by atoms with van der Waals surface area (Å²) in [5.74, 6) is 1.75. The van der Waals surface area contributed by atoms with E-state index in [1.54, 1.807) is 0 Å². The first-order valence-corrected chi connectivity index (χ1v) is 10.5. The lowest BCUT2D eigenvalue weighted by atomic mass is 10.1. The Morgan fingerprint density at radius 2 is 1.96 bits per heavy atom. The number of carbonyl (C=O) groups is 1. The second-order valence-electron chi connectivity index (χ2n) is 7.39. The second-order valence-corrected chi connectivity index (χ2v) is 7.39. The van der Waals surface area contributed by atoms with Gasteiger partial charge >= 0.3 is 6.03 Å². The molecule has 2 aromatic rings. The van der Waals surface area contributed by atoms with E-state index in [0.717, 1.165) is 12.2 Å². The summed E-state index contributed by atoms with van der Waals surface area (Å²) in [4.78, 5) is 16.9. The maximum absolute atomic E-state index is 12.3. The molecule has 2 amide bonds. The Morgan fingerprint density at radius 3 is 2.71 bits per heavy atom. The maximum atomic E-state index is 12.3. The van der Waals surface area contributed by atoms with E-state index in [1.807, 2.05) is 37.4 Å². The highest BCUT2D eigenvalue weighted by atomic mass is 16.5. The monoisotopic (exact) mass is 384 g/mol. The van der Waals surface area contributed by atoms with Gasteiger partial charge in [0.15, 0.2) is 0 Å². The van der Waals surface area contributed by atoms with Crippen molar-refractivity contribution in [3.05, 3.63) is 42.0 Å². The number of aromatic nitrogens is 2. The molecule has 0 aliphatic heterocycles. The lowest BCUT2D eigenvalue weighted by Gasteiger charge is -2.21. The summed E-state index contributed by atoms with van der Waals surface area (Å²) in [6, 6.07) is 7.79. The number of hydrogen-bond acceptors (Lipinski definition) is 3. The van der Waals surface area contributed by atoms with E-state index in [-0.39, 0.29) is 6.03 Å². The van der Waals surface area contributed by atoms with Gasteiger partial charge in [-0.2, -0.15) is 0 Å². The number of nitrogens with zero attached hydrogens (tertiary/aromatic N) is 2. The molecule has 3 rings (SSSR count). The number of amides is 2. The standard InChI is InChI=1S/C22H32N4O2/c1-3-28-20-13-9-8-12-19(20)25-22(27)23-15-14-21-24-16-17(2)26(21)18-10-6-4-5-7-11-18/h8-9,12-13,16,18H,3-7,10-11,14-15H2,1-2H3,(H2,23,25,27). The SMILES string of the molecule is CCOc1ccccc1NC(=O)NCCc1ncc(C)n1C1CCCCCC1. The van der Waals surface area contributed by atoms with Gasteiger partial charge in [-0.05, 0) is 38.8 Å². The first kappa shape index (κ1) is 20.2. The average Bonchev–Trinajstić information content (AvgIpc) is 2.88. The summed E-state index contributed by atoms with van der Waals surface area (Å²) in [5, 5.41) is 5.81. The summed E-state index contributed by atoms with van der Waals surface area (Å²) in [6.45, 7) is 5.16. The van der Waals surface area contributed by atoms with E-state index < -0.39 is 0 Å². The van der Waals surface area contributed by atoms with Gasteiger partial charge in [0.2, 0.25) is 0 Å². The molecule has 0 bridgehead atoms. The molecule has 1 aliphatic rings. The fraction of sp³-hybridized carbons (Fsp3) is 0.545. The lowest BCUT2D eigenvalue weighted by molar-refractivity contribution is 0.252. The van der Waals surface area contributed by atoms with Crippen molar-refractivity contribution in [1.29, 1.82) is 0 Å². The molecule has 0 spiro atoms. The van der Waals surface area contributed by atoms with Gasteiger partial charge in [-0.1, -0.05) is 37.8 Å². The molecule has 0 radical (unpaired) electrons. The number of para-hydroxylation sites is 2. The molecule has 1 aromatic heterocycles. The van der Waals surface area contributed by atoms with E-state index >= 15 is 0 Å². The zero-order valence-corrected chi connectivity index (χ0v) is 17.0. The molecule has 0 atom stereocenters. The molecule has 0 saturated heterocycles. The number of urea groups is 1. The first-order valence-electron chi connectivity index (χ1n) is 10.5. The lowest BCUT2D eigenvalue weighted by Crippen LogP contribution is -2.31. The number of benzene rings is 1. The second kappa shape index (κ2) is 10.2. The number of nitrogens with one attached hydrogen (secondary N) is 2. The quantitative estimate of drug-likeness (QED) is 0.671. The van der Waals surface area contributed by atoms with E-state index in [4.69, 9.17) is 4.74 Å². The van der Waals surface area contributed by atoms with E-state index in [1.165, 1.54) is 44.2 Å². The van der Waals surface area contributed by atoms with Gasteiger partial charge in [-0.15, -0.1) is 0 Å². The fourth-order valence-corrected chi connectivity index (χ4v) is 4.00. The van der Waals surface area contributed by atoms with Crippen LogP contribution >= 0.6 is 0 Å². The van der Waals surface area contributed by atoms with Gasteiger partial charge in [0.05, 0.1) is 12.3 Å². The third-order valence-corrected chi connectivity index (χ3v) is 5.32. The summed E-state index contributed by atoms with van der Waals surface area (Å²) < 4.78 is 7.95. The van der Waals surface area contributed by atoms with Crippen molar-refractivity contribution < 1.29 is 9.53 Å². The minimum absolute atomic E-state index is 0.226. The van der Waals surface area contributed by atoms with Crippen molar-refractivity contribution in [3.8, 4) is 5.75 Å². The fourth-order valence-electron chi connectivity index (χ4n) is 4.00. The van der Waals surface area contributed by atoms with E-state index in [0.29, 0.717) is 30.6 Å². The van der Waals surface area contributed by atoms with E-state index in [9.17, 15) is 4.79 Å². The van der Waals surface area contributed by atoms with Crippen LogP contribution < -0.4 is 15.4 Å². The molecule has 1 aliphatic carbocycles. The van der Waals surface area contributed by atoms with Crippen molar-refractivity contribution in [3.63, 3.8) is 0 Å². The largest absolute Gasteiger partial charge is 0.492 e. The van der Waals surface area contributed by atoms with Crippen LogP contribution in [0.5, 0.6) is 5.75 Å². The summed E-state index contributed by atoms with van der Waals surface area (Å²) in [6.07, 6.45) is 10.4. The van der Waals surface area contributed by atoms with Crippen LogP contribution in [0, 0.1) is 6.92 Å². The Hall–Kier alpha value is -2.50. The third-order valence-electron chi connectivity index (χ3n) is 5.32. The highest BCUT2D eigenvalue weighted by molar-refractivity contribution is 5.90. The van der Waals surface area contributed by atoms with Gasteiger partial charge in [0.25, 0.3) is 0 Å². The minimum Gasteiger partial charge on any atom is -0.492 e. The topological polar surface area (TPSA) is 68.2 Å². The molecule has 6 nitrogen and oxygen atoms in total. The van der Waals surface area contributed by atoms with Crippen molar-refractivity contribution in [1.82, 2.24) is 14.9 Å². The highest BCUT2D eigenvalue weighted by Gasteiger charge is 2.19. The predicted molar refractivity (Wildman–Crippen MR) is 112 cm³/mol. The number of anilines is 1. The van der Waals surface area contributed by atoms with Crippen LogP contribution in [-0.4, -0.2) is 28.7 Å². The van der Waals surface area contributed by atoms with Gasteiger partial charge in [-0.25, -0.2) is 9.78 Å². The van der Waals surface area contributed by atoms with Gasteiger partial charge in [-0.3, -0.25) is 0 Å². The van der Waals surface area contributed by atoms with Crippen LogP contribution in [-0.2, 0) is 6.42 Å². The number of imidazole rings is 1. The Kier molecular flexibility index (Phi) is 7.34. The molecular formula is C22H32N4O2. The van der Waals surface area contributed by atoms with Crippen LogP contribution in [0.1, 0.15) is 63.0 Å². The number of aryl methyl sites for hydroxylation is 1. The Bertz CT molecular complexity index is 764. The smallest absolute Gasteiger partial charge is 0.319 e. The van der Waals surface area contributed by atoms with Crippen molar-refractivity contribution in [2.45, 2.75) is 64.8 Å². The molecule has 152 valence electrons. The van der Waals surface area contributed by atoms with Crippen molar-refractivity contribution >= 4 is 11.7 Å². The van der Waals surface area contributed by atoms with Crippen LogP contribution in [0.4, 0.5) is 10.5 Å². The highest BCUT2D eigenvalue weighted by Crippen LogP contribution is 2.29. The van der Waals surface area contributed by atoms with Gasteiger partial charge in [0, 0.05) is 30.9 Å². The Labute approximate surface area is 167 Å². The number of ether oxygens (including phenoxy) is 1. The molecule has 1 heterocycles. The van der Waals surface area contributed by atoms with Crippen molar-refractivity contribution in [2.75, 3.05) is 18.5 Å². The zero-order valence-electron chi connectivity index (χ0n) is 17.0. The molecule has 1 saturated carbocycles. The average molecular weight is 385 g/mol. The van der Waals surface area contributed by atoms with Crippen LogP contribution in [0.15, 0.2) is 30.5 Å². The predicted octanol–water partition coefficient (Wildman–Crippen LogP) is 4.85. The molecular weight excluding hydrogens is 352 g/mol. The van der Waals surface area contributed by atoms with Crippen LogP contribution in [0.2, 0.25) is 0 Å². The molecule has 0 unspecified atom stereocenters. The summed E-state index contributed by atoms with van der Waals surface area (Å²) in [5.41, 5.74) is 1.90. The normalized spacial score (nSPS) is 15.1. The van der Waals surface area contributed by atoms with Gasteiger partial charge in [0.1, 0.15) is 11.6 Å². The Balaban J connectivity index is 1.55. The number of rotatable bonds is 7. The molecule has 6 heteroatoms. The third kappa shape index (κ3) is 5.27. The maximum Gasteiger partial charge on any atom is 0.319 e. The first-order chi connectivity index (χ1) is 13.7. The molecule has 28 heavy (non-hydrogen) atoms. The van der Waals surface area contributed by atoms with Crippen LogP contribution in [0.25, 0.3) is 0 Å². The van der Waals surface area contributed by atoms with Crippen LogP contribution in [0.3, 0.4) is 0 Å².